The van der Waals surface area contributed by atoms with Gasteiger partial charge >= 0.3 is 11.9 Å². The second-order valence-corrected chi connectivity index (χ2v) is 6.39. The van der Waals surface area contributed by atoms with E-state index in [2.05, 4.69) is 10.6 Å². The van der Waals surface area contributed by atoms with E-state index in [1.165, 1.54) is 18.7 Å². The van der Waals surface area contributed by atoms with Crippen molar-refractivity contribution in [1.29, 1.82) is 0 Å². The van der Waals surface area contributed by atoms with Gasteiger partial charge in [-0.25, -0.2) is 0 Å². The van der Waals surface area contributed by atoms with Crippen molar-refractivity contribution in [3.63, 3.8) is 0 Å². The Morgan fingerprint density at radius 3 is 2.00 bits per heavy atom. The molecule has 26 heavy (non-hydrogen) atoms. The fourth-order valence-electron chi connectivity index (χ4n) is 1.75. The van der Waals surface area contributed by atoms with Crippen molar-refractivity contribution >= 4 is 41.4 Å². The number of hydrogen-bond acceptors (Lipinski definition) is 7. The van der Waals surface area contributed by atoms with E-state index >= 15 is 0 Å². The van der Waals surface area contributed by atoms with Gasteiger partial charge in [0.15, 0.2) is 0 Å². The summed E-state index contributed by atoms with van der Waals surface area (Å²) in [6.45, 7) is 0.716. The number of nitrogens with two attached hydrogens (primary N) is 1. The van der Waals surface area contributed by atoms with Crippen LogP contribution in [0.2, 0.25) is 0 Å². The number of rotatable bonds is 12. The largest absolute Gasteiger partial charge is 0.481 e. The van der Waals surface area contributed by atoms with Crippen LogP contribution >= 0.6 is 11.8 Å². The Morgan fingerprint density at radius 2 is 1.54 bits per heavy atom. The molecule has 0 aromatic rings. The molecule has 0 aliphatic heterocycles. The van der Waals surface area contributed by atoms with Crippen molar-refractivity contribution in [2.24, 2.45) is 5.73 Å². The van der Waals surface area contributed by atoms with Gasteiger partial charge in [0.05, 0.1) is 12.5 Å². The highest BCUT2D eigenvalue weighted by Crippen LogP contribution is 2.03. The zero-order chi connectivity index (χ0) is 20.3. The monoisotopic (exact) mass is 392 g/mol. The van der Waals surface area contributed by atoms with Gasteiger partial charge in [-0.05, 0) is 25.4 Å². The summed E-state index contributed by atoms with van der Waals surface area (Å²) in [5, 5.41) is 24.1. The lowest BCUT2D eigenvalue weighted by Gasteiger charge is -2.22. The van der Waals surface area contributed by atoms with Gasteiger partial charge in [0.1, 0.15) is 18.6 Å². The summed E-state index contributed by atoms with van der Waals surface area (Å²) in [5.74, 6) is -4.44. The number of nitrogens with one attached hydrogen (secondary N) is 3. The summed E-state index contributed by atoms with van der Waals surface area (Å²) >= 11 is 1.43. The lowest BCUT2D eigenvalue weighted by molar-refractivity contribution is -0.141. The van der Waals surface area contributed by atoms with Gasteiger partial charge in [-0.2, -0.15) is 11.8 Å². The smallest absolute Gasteiger partial charge is 0.322 e. The molecule has 7 N–H and O–H groups in total. The Kier molecular flexibility index (Phi) is 11.0. The van der Waals surface area contributed by atoms with Crippen molar-refractivity contribution in [3.8, 4) is 0 Å². The fraction of sp³-hybridized carbons (Fsp3) is 0.643. The number of carbonyl (C=O) groups excluding carboxylic acids is 3. The second-order valence-electron chi connectivity index (χ2n) is 5.40. The van der Waals surface area contributed by atoms with Crippen LogP contribution in [-0.4, -0.2) is 76.6 Å². The Bertz CT molecular complexity index is 541. The molecular formula is C14H24N4O7S. The summed E-state index contributed by atoms with van der Waals surface area (Å²) < 4.78 is 0. The van der Waals surface area contributed by atoms with E-state index in [4.69, 9.17) is 15.9 Å². The molecule has 0 aliphatic carbocycles. The molecule has 3 atom stereocenters. The number of aliphatic carboxylic acids is 2. The normalized spacial score (nSPS) is 13.8. The summed E-state index contributed by atoms with van der Waals surface area (Å²) in [6, 6.07) is -3.35. The molecule has 0 bridgehead atoms. The average Bonchev–Trinajstić information content (AvgIpc) is 2.54. The van der Waals surface area contributed by atoms with Crippen LogP contribution in [0.1, 0.15) is 19.8 Å². The first kappa shape index (κ1) is 23.7. The molecule has 3 unspecified atom stereocenters. The van der Waals surface area contributed by atoms with Crippen LogP contribution in [0.15, 0.2) is 0 Å². The molecule has 0 fully saturated rings. The molecule has 0 saturated heterocycles. The number of thioether (sulfide) groups is 1. The number of amides is 3. The molecule has 0 saturated carbocycles. The van der Waals surface area contributed by atoms with E-state index in [0.29, 0.717) is 5.75 Å². The number of carboxylic acid groups (broad SMARTS) is 2. The topological polar surface area (TPSA) is 188 Å². The van der Waals surface area contributed by atoms with Crippen LogP contribution in [-0.2, 0) is 24.0 Å². The highest BCUT2D eigenvalue weighted by molar-refractivity contribution is 7.98. The molecule has 0 aromatic heterocycles. The molecule has 0 radical (unpaired) electrons. The summed E-state index contributed by atoms with van der Waals surface area (Å²) in [4.78, 5) is 57.4. The van der Waals surface area contributed by atoms with Crippen LogP contribution in [0.4, 0.5) is 0 Å². The predicted molar refractivity (Wildman–Crippen MR) is 93.4 cm³/mol. The number of hydrogen-bond donors (Lipinski definition) is 6. The quantitative estimate of drug-likeness (QED) is 0.213. The van der Waals surface area contributed by atoms with E-state index in [-0.39, 0.29) is 6.42 Å². The molecule has 0 aliphatic rings. The predicted octanol–water partition coefficient (Wildman–Crippen LogP) is -2.27. The lowest BCUT2D eigenvalue weighted by atomic mass is 10.1. The maximum absolute atomic E-state index is 12.4. The van der Waals surface area contributed by atoms with E-state index in [0.717, 1.165) is 0 Å². The number of carbonyl (C=O) groups is 5. The average molecular weight is 392 g/mol. The Labute approximate surface area is 154 Å². The SMILES string of the molecule is CSCCC(NC(=O)C(C)N)C(=O)NC(CC(=O)O)C(=O)NCC(=O)O. The summed E-state index contributed by atoms with van der Waals surface area (Å²) in [5.41, 5.74) is 5.45. The maximum Gasteiger partial charge on any atom is 0.322 e. The molecule has 148 valence electrons. The minimum atomic E-state index is -1.48. The van der Waals surface area contributed by atoms with Gasteiger partial charge in [0.25, 0.3) is 0 Å². The first-order chi connectivity index (χ1) is 12.1. The highest BCUT2D eigenvalue weighted by atomic mass is 32.2. The molecular weight excluding hydrogens is 368 g/mol. The van der Waals surface area contributed by atoms with Gasteiger partial charge in [-0.1, -0.05) is 0 Å². The third-order valence-electron chi connectivity index (χ3n) is 3.08. The summed E-state index contributed by atoms with van der Waals surface area (Å²) in [7, 11) is 0. The van der Waals surface area contributed by atoms with Gasteiger partial charge < -0.3 is 31.9 Å². The van der Waals surface area contributed by atoms with E-state index in [1.54, 1.807) is 6.26 Å². The van der Waals surface area contributed by atoms with Crippen LogP contribution in [0.3, 0.4) is 0 Å². The molecule has 3 amide bonds. The maximum atomic E-state index is 12.4. The Balaban J connectivity index is 5.10. The minimum Gasteiger partial charge on any atom is -0.481 e. The molecule has 0 heterocycles. The zero-order valence-electron chi connectivity index (χ0n) is 14.5. The van der Waals surface area contributed by atoms with Crippen LogP contribution in [0.25, 0.3) is 0 Å². The highest BCUT2D eigenvalue weighted by Gasteiger charge is 2.28. The first-order valence-electron chi connectivity index (χ1n) is 7.65. The van der Waals surface area contributed by atoms with E-state index in [9.17, 15) is 24.0 Å². The van der Waals surface area contributed by atoms with E-state index < -0.39 is 60.8 Å². The number of carboxylic acids is 2. The zero-order valence-corrected chi connectivity index (χ0v) is 15.3. The van der Waals surface area contributed by atoms with Crippen molar-refractivity contribution in [3.05, 3.63) is 0 Å². The second kappa shape index (κ2) is 12.1. The van der Waals surface area contributed by atoms with Gasteiger partial charge in [-0.15, -0.1) is 0 Å². The van der Waals surface area contributed by atoms with Crippen molar-refractivity contribution < 1.29 is 34.2 Å². The van der Waals surface area contributed by atoms with Crippen molar-refractivity contribution in [1.82, 2.24) is 16.0 Å². The molecule has 0 rings (SSSR count). The molecule has 11 nitrogen and oxygen atoms in total. The van der Waals surface area contributed by atoms with Crippen LogP contribution in [0.5, 0.6) is 0 Å². The Hall–Kier alpha value is -2.34. The molecule has 0 spiro atoms. The van der Waals surface area contributed by atoms with Gasteiger partial charge in [0, 0.05) is 0 Å². The Morgan fingerprint density at radius 1 is 0.962 bits per heavy atom. The van der Waals surface area contributed by atoms with Gasteiger partial charge in [-0.3, -0.25) is 24.0 Å². The molecule has 0 aromatic carbocycles. The third-order valence-corrected chi connectivity index (χ3v) is 3.73. The summed E-state index contributed by atoms with van der Waals surface area (Å²) in [6.07, 6.45) is 1.30. The van der Waals surface area contributed by atoms with Crippen molar-refractivity contribution in [2.75, 3.05) is 18.6 Å². The lowest BCUT2D eigenvalue weighted by Crippen LogP contribution is -2.56. The van der Waals surface area contributed by atoms with Gasteiger partial charge in [0.2, 0.25) is 17.7 Å². The first-order valence-corrected chi connectivity index (χ1v) is 9.04. The minimum absolute atomic E-state index is 0.238. The van der Waals surface area contributed by atoms with Crippen LogP contribution < -0.4 is 21.7 Å². The van der Waals surface area contributed by atoms with E-state index in [1.807, 2.05) is 5.32 Å². The molecule has 12 heteroatoms. The standard InChI is InChI=1S/C14H24N4O7S/c1-7(15)12(23)17-8(3-4-26-2)14(25)18-9(5-10(19)20)13(24)16-6-11(21)22/h7-9H,3-6,15H2,1-2H3,(H,16,24)(H,17,23)(H,18,25)(H,19,20)(H,21,22). The fourth-order valence-corrected chi connectivity index (χ4v) is 2.22. The third kappa shape index (κ3) is 9.84. The van der Waals surface area contributed by atoms with Crippen LogP contribution in [0, 0.1) is 0 Å². The van der Waals surface area contributed by atoms with Crippen molar-refractivity contribution in [2.45, 2.75) is 37.9 Å².